The van der Waals surface area contributed by atoms with Crippen molar-refractivity contribution >= 4 is 39.1 Å². The molecule has 0 spiro atoms. The lowest BCUT2D eigenvalue weighted by molar-refractivity contribution is -0.140. The van der Waals surface area contributed by atoms with E-state index in [1.165, 1.54) is 17.4 Å². The first-order valence-corrected chi connectivity index (χ1v) is 9.19. The molecule has 0 radical (unpaired) electrons. The number of fused-ring (bicyclic) bond motifs is 2. The van der Waals surface area contributed by atoms with Gasteiger partial charge in [0, 0.05) is 10.6 Å². The summed E-state index contributed by atoms with van der Waals surface area (Å²) in [4.78, 5) is 22.1. The van der Waals surface area contributed by atoms with Crippen molar-refractivity contribution in [3.63, 3.8) is 0 Å². The summed E-state index contributed by atoms with van der Waals surface area (Å²) in [7, 11) is 0. The number of anilines is 2. The number of nitrogens with two attached hydrogens (primary N) is 1. The minimum atomic E-state index is -4.32. The number of hydrogen-bond acceptors (Lipinski definition) is 5. The van der Waals surface area contributed by atoms with Gasteiger partial charge in [-0.1, -0.05) is 0 Å². The van der Waals surface area contributed by atoms with Crippen LogP contribution in [0.2, 0.25) is 0 Å². The number of amides is 1. The summed E-state index contributed by atoms with van der Waals surface area (Å²) >= 11 is 1.41. The highest BCUT2D eigenvalue weighted by atomic mass is 32.1. The molecule has 1 aromatic carbocycles. The van der Waals surface area contributed by atoms with Gasteiger partial charge in [0.1, 0.15) is 6.54 Å². The van der Waals surface area contributed by atoms with E-state index in [0.717, 1.165) is 34.3 Å². The van der Waals surface area contributed by atoms with E-state index >= 15 is 0 Å². The maximum atomic E-state index is 12.7. The first kappa shape index (κ1) is 17.8. The molecule has 27 heavy (non-hydrogen) atoms. The SMILES string of the molecule is Nc1nc2c(s1)CCCC2C(=O)Nc1ccc2c(c1)ncn2CC(F)(F)F. The molecule has 6 nitrogen and oxygen atoms in total. The van der Waals surface area contributed by atoms with Crippen LogP contribution < -0.4 is 11.1 Å². The fourth-order valence-corrected chi connectivity index (χ4v) is 4.32. The van der Waals surface area contributed by atoms with Crippen LogP contribution in [0.25, 0.3) is 11.0 Å². The highest BCUT2D eigenvalue weighted by Gasteiger charge is 2.30. The van der Waals surface area contributed by atoms with Crippen LogP contribution in [0.3, 0.4) is 0 Å². The van der Waals surface area contributed by atoms with Crippen LogP contribution in [0, 0.1) is 0 Å². The average Bonchev–Trinajstić information content (AvgIpc) is 3.15. The van der Waals surface area contributed by atoms with Gasteiger partial charge < -0.3 is 15.6 Å². The minimum absolute atomic E-state index is 0.199. The molecule has 0 bridgehead atoms. The molecule has 1 amide bonds. The monoisotopic (exact) mass is 395 g/mol. The van der Waals surface area contributed by atoms with Crippen LogP contribution in [-0.2, 0) is 17.8 Å². The lowest BCUT2D eigenvalue weighted by Gasteiger charge is -2.20. The molecule has 3 aromatic rings. The maximum absolute atomic E-state index is 12.7. The van der Waals surface area contributed by atoms with E-state index in [0.29, 0.717) is 28.3 Å². The molecule has 1 aliphatic rings. The summed E-state index contributed by atoms with van der Waals surface area (Å²) in [6.45, 7) is -1.11. The van der Waals surface area contributed by atoms with E-state index in [4.69, 9.17) is 5.73 Å². The Morgan fingerprint density at radius 1 is 1.41 bits per heavy atom. The summed E-state index contributed by atoms with van der Waals surface area (Å²) in [6, 6.07) is 4.67. The third-order valence-corrected chi connectivity index (χ3v) is 5.49. The first-order valence-electron chi connectivity index (χ1n) is 8.38. The lowest BCUT2D eigenvalue weighted by atomic mass is 9.90. The fraction of sp³-hybridized carbons (Fsp3) is 0.353. The number of aromatic nitrogens is 3. The zero-order chi connectivity index (χ0) is 19.2. The Balaban J connectivity index is 1.55. The molecular weight excluding hydrogens is 379 g/mol. The van der Waals surface area contributed by atoms with Crippen LogP contribution >= 0.6 is 11.3 Å². The standard InChI is InChI=1S/C17H16F3N5OS/c18-17(19,20)7-25-8-22-11-6-9(4-5-12(11)25)23-15(26)10-2-1-3-13-14(10)24-16(21)27-13/h4-6,8,10H,1-3,7H2,(H2,21,24)(H,23,26). The molecule has 0 aliphatic heterocycles. The van der Waals surface area contributed by atoms with Gasteiger partial charge in [0.05, 0.1) is 29.0 Å². The van der Waals surface area contributed by atoms with Gasteiger partial charge >= 0.3 is 6.18 Å². The summed E-state index contributed by atoms with van der Waals surface area (Å²) in [6.07, 6.45) is -0.738. The highest BCUT2D eigenvalue weighted by molar-refractivity contribution is 7.15. The van der Waals surface area contributed by atoms with Gasteiger partial charge in [0.15, 0.2) is 5.13 Å². The second-order valence-electron chi connectivity index (χ2n) is 6.49. The number of nitrogens with zero attached hydrogens (tertiary/aromatic N) is 3. The Labute approximate surface area is 156 Å². The number of nitrogen functional groups attached to an aromatic ring is 1. The zero-order valence-electron chi connectivity index (χ0n) is 14.1. The van der Waals surface area contributed by atoms with E-state index < -0.39 is 12.7 Å². The number of thiazole rings is 1. The molecule has 0 saturated heterocycles. The van der Waals surface area contributed by atoms with Crippen molar-refractivity contribution in [1.29, 1.82) is 0 Å². The number of nitrogens with one attached hydrogen (secondary N) is 1. The molecule has 142 valence electrons. The van der Waals surface area contributed by atoms with Crippen molar-refractivity contribution in [2.75, 3.05) is 11.1 Å². The van der Waals surface area contributed by atoms with Crippen molar-refractivity contribution in [1.82, 2.24) is 14.5 Å². The summed E-state index contributed by atoms with van der Waals surface area (Å²) in [5.74, 6) is -0.573. The Kier molecular flexibility index (Phi) is 4.29. The predicted octanol–water partition coefficient (Wildman–Crippen LogP) is 3.70. The van der Waals surface area contributed by atoms with Crippen LogP contribution in [0.5, 0.6) is 0 Å². The molecular formula is C17H16F3N5OS. The van der Waals surface area contributed by atoms with Gasteiger partial charge in [-0.15, -0.1) is 11.3 Å². The third kappa shape index (κ3) is 3.61. The van der Waals surface area contributed by atoms with E-state index in [9.17, 15) is 18.0 Å². The molecule has 3 N–H and O–H groups in total. The van der Waals surface area contributed by atoms with Gasteiger partial charge in [-0.2, -0.15) is 13.2 Å². The summed E-state index contributed by atoms with van der Waals surface area (Å²) < 4.78 is 38.9. The number of carbonyl (C=O) groups is 1. The van der Waals surface area contributed by atoms with Gasteiger partial charge in [0.2, 0.25) is 5.91 Å². The van der Waals surface area contributed by atoms with Crippen molar-refractivity contribution in [3.05, 3.63) is 35.1 Å². The van der Waals surface area contributed by atoms with E-state index in [-0.39, 0.29) is 11.8 Å². The smallest absolute Gasteiger partial charge is 0.375 e. The minimum Gasteiger partial charge on any atom is -0.375 e. The Hall–Kier alpha value is -2.62. The number of rotatable bonds is 3. The van der Waals surface area contributed by atoms with Crippen molar-refractivity contribution in [2.45, 2.75) is 37.9 Å². The van der Waals surface area contributed by atoms with Crippen LogP contribution in [0.15, 0.2) is 24.5 Å². The average molecular weight is 395 g/mol. The number of imidazole rings is 1. The van der Waals surface area contributed by atoms with Crippen molar-refractivity contribution < 1.29 is 18.0 Å². The number of hydrogen-bond donors (Lipinski definition) is 2. The second kappa shape index (κ2) is 6.52. The van der Waals surface area contributed by atoms with Crippen molar-refractivity contribution in [3.8, 4) is 0 Å². The fourth-order valence-electron chi connectivity index (χ4n) is 3.38. The zero-order valence-corrected chi connectivity index (χ0v) is 14.9. The molecule has 2 aromatic heterocycles. The van der Waals surface area contributed by atoms with Gasteiger partial charge in [-0.3, -0.25) is 4.79 Å². The van der Waals surface area contributed by atoms with Crippen LogP contribution in [0.1, 0.15) is 29.3 Å². The predicted molar refractivity (Wildman–Crippen MR) is 96.6 cm³/mol. The summed E-state index contributed by atoms with van der Waals surface area (Å²) in [5, 5.41) is 3.28. The Bertz CT molecular complexity index is 1010. The quantitative estimate of drug-likeness (QED) is 0.708. The Morgan fingerprint density at radius 2 is 2.22 bits per heavy atom. The third-order valence-electron chi connectivity index (χ3n) is 4.53. The van der Waals surface area contributed by atoms with Gasteiger partial charge in [0.25, 0.3) is 0 Å². The van der Waals surface area contributed by atoms with Crippen LogP contribution in [0.4, 0.5) is 24.0 Å². The van der Waals surface area contributed by atoms with E-state index in [2.05, 4.69) is 15.3 Å². The maximum Gasteiger partial charge on any atom is 0.406 e. The second-order valence-corrected chi connectivity index (χ2v) is 7.60. The molecule has 1 atom stereocenters. The Morgan fingerprint density at radius 3 is 3.00 bits per heavy atom. The molecule has 1 unspecified atom stereocenters. The number of alkyl halides is 3. The molecule has 0 saturated carbocycles. The summed E-state index contributed by atoms with van der Waals surface area (Å²) in [5.41, 5.74) is 7.73. The lowest BCUT2D eigenvalue weighted by Crippen LogP contribution is -2.24. The topological polar surface area (TPSA) is 85.8 Å². The molecule has 10 heteroatoms. The molecule has 0 fully saturated rings. The largest absolute Gasteiger partial charge is 0.406 e. The number of carbonyl (C=O) groups excluding carboxylic acids is 1. The van der Waals surface area contributed by atoms with E-state index in [1.54, 1.807) is 12.1 Å². The molecule has 4 rings (SSSR count). The van der Waals surface area contributed by atoms with Crippen molar-refractivity contribution in [2.24, 2.45) is 0 Å². The number of benzene rings is 1. The van der Waals surface area contributed by atoms with Gasteiger partial charge in [-0.25, -0.2) is 9.97 Å². The van der Waals surface area contributed by atoms with Gasteiger partial charge in [-0.05, 0) is 37.5 Å². The molecule has 2 heterocycles. The highest BCUT2D eigenvalue weighted by Crippen LogP contribution is 2.36. The molecule has 1 aliphatic carbocycles. The number of halogens is 3. The normalized spacial score (nSPS) is 17.1. The first-order chi connectivity index (χ1) is 12.8. The number of aryl methyl sites for hydroxylation is 1. The van der Waals surface area contributed by atoms with Crippen LogP contribution in [-0.4, -0.2) is 26.6 Å². The van der Waals surface area contributed by atoms with E-state index in [1.807, 2.05) is 0 Å².